The maximum absolute atomic E-state index is 12.0. The summed E-state index contributed by atoms with van der Waals surface area (Å²) in [6.45, 7) is 11.2. The van der Waals surface area contributed by atoms with Crippen LogP contribution in [0.15, 0.2) is 0 Å². The first-order chi connectivity index (χ1) is 9.26. The molecule has 0 aromatic carbocycles. The van der Waals surface area contributed by atoms with Crippen LogP contribution in [0.1, 0.15) is 73.1 Å². The second-order valence-corrected chi connectivity index (χ2v) is 7.64. The molecule has 3 nitrogen and oxygen atoms in total. The van der Waals surface area contributed by atoms with Crippen molar-refractivity contribution in [2.75, 3.05) is 0 Å². The monoisotopic (exact) mass is 282 g/mol. The van der Waals surface area contributed by atoms with Crippen LogP contribution in [0.3, 0.4) is 0 Å². The van der Waals surface area contributed by atoms with Crippen molar-refractivity contribution in [3.63, 3.8) is 0 Å². The lowest BCUT2D eigenvalue weighted by Crippen LogP contribution is -2.47. The molecule has 0 heterocycles. The minimum atomic E-state index is -0.347. The van der Waals surface area contributed by atoms with Crippen molar-refractivity contribution in [2.45, 2.75) is 85.2 Å². The molecular formula is C17H34N2O. The fourth-order valence-corrected chi connectivity index (χ4v) is 3.23. The first-order valence-electron chi connectivity index (χ1n) is 8.32. The maximum Gasteiger partial charge on any atom is 0.237 e. The number of rotatable bonds is 6. The van der Waals surface area contributed by atoms with Crippen LogP contribution in [0.4, 0.5) is 0 Å². The Morgan fingerprint density at radius 1 is 1.25 bits per heavy atom. The molecule has 1 unspecified atom stereocenters. The summed E-state index contributed by atoms with van der Waals surface area (Å²) in [4.78, 5) is 12.0. The van der Waals surface area contributed by atoms with Gasteiger partial charge in [-0.2, -0.15) is 0 Å². The first-order valence-corrected chi connectivity index (χ1v) is 8.32. The largest absolute Gasteiger partial charge is 0.352 e. The van der Waals surface area contributed by atoms with Gasteiger partial charge in [0.25, 0.3) is 0 Å². The van der Waals surface area contributed by atoms with Gasteiger partial charge in [0, 0.05) is 6.04 Å². The van der Waals surface area contributed by atoms with Crippen LogP contribution in [0, 0.1) is 17.3 Å². The smallest absolute Gasteiger partial charge is 0.237 e. The summed E-state index contributed by atoms with van der Waals surface area (Å²) < 4.78 is 0. The molecule has 0 radical (unpaired) electrons. The average molecular weight is 282 g/mol. The van der Waals surface area contributed by atoms with Gasteiger partial charge in [-0.25, -0.2) is 0 Å². The highest BCUT2D eigenvalue weighted by molar-refractivity contribution is 5.81. The SMILES string of the molecule is CCC(C)(C)C1CCC(NC(=O)C(N)CC(C)C)CC1. The van der Waals surface area contributed by atoms with E-state index in [2.05, 4.69) is 39.9 Å². The number of carbonyl (C=O) groups excluding carboxylic acids is 1. The number of nitrogens with two attached hydrogens (primary N) is 1. The Bertz CT molecular complexity index is 304. The number of nitrogens with one attached hydrogen (secondary N) is 1. The highest BCUT2D eigenvalue weighted by Crippen LogP contribution is 2.40. The van der Waals surface area contributed by atoms with Crippen molar-refractivity contribution in [2.24, 2.45) is 23.0 Å². The fourth-order valence-electron chi connectivity index (χ4n) is 3.23. The van der Waals surface area contributed by atoms with Crippen molar-refractivity contribution in [1.29, 1.82) is 0 Å². The summed E-state index contributed by atoms with van der Waals surface area (Å²) in [6, 6.07) is -0.00979. The van der Waals surface area contributed by atoms with Crippen LogP contribution in [0.2, 0.25) is 0 Å². The van der Waals surface area contributed by atoms with E-state index in [-0.39, 0.29) is 11.9 Å². The Kier molecular flexibility index (Phi) is 6.50. The standard InChI is InChI=1S/C17H34N2O/c1-6-17(4,5)13-7-9-14(10-8-13)19-16(20)15(18)11-12(2)3/h12-15H,6-11,18H2,1-5H3,(H,19,20). The van der Waals surface area contributed by atoms with Gasteiger partial charge in [0.1, 0.15) is 0 Å². The molecule has 1 rings (SSSR count). The molecule has 0 spiro atoms. The predicted molar refractivity (Wildman–Crippen MR) is 85.4 cm³/mol. The minimum Gasteiger partial charge on any atom is -0.352 e. The minimum absolute atomic E-state index is 0.0388. The van der Waals surface area contributed by atoms with Crippen LogP contribution in [0.25, 0.3) is 0 Å². The van der Waals surface area contributed by atoms with Gasteiger partial charge in [-0.05, 0) is 49.4 Å². The third-order valence-electron chi connectivity index (χ3n) is 5.15. The first kappa shape index (κ1) is 17.5. The summed E-state index contributed by atoms with van der Waals surface area (Å²) in [5.41, 5.74) is 6.37. The van der Waals surface area contributed by atoms with E-state index in [9.17, 15) is 4.79 Å². The Balaban J connectivity index is 2.37. The molecule has 1 aliphatic carbocycles. The molecule has 0 aromatic rings. The highest BCUT2D eigenvalue weighted by atomic mass is 16.2. The molecule has 1 saturated carbocycles. The molecular weight excluding hydrogens is 248 g/mol. The van der Waals surface area contributed by atoms with E-state index in [1.165, 1.54) is 19.3 Å². The van der Waals surface area contributed by atoms with Gasteiger partial charge < -0.3 is 11.1 Å². The summed E-state index contributed by atoms with van der Waals surface area (Å²) in [7, 11) is 0. The lowest BCUT2D eigenvalue weighted by atomic mass is 9.69. The normalized spacial score (nSPS) is 25.6. The molecule has 1 fully saturated rings. The number of hydrogen-bond donors (Lipinski definition) is 2. The zero-order chi connectivity index (χ0) is 15.3. The number of hydrogen-bond acceptors (Lipinski definition) is 2. The van der Waals surface area contributed by atoms with Crippen LogP contribution in [0.5, 0.6) is 0 Å². The van der Waals surface area contributed by atoms with Gasteiger partial charge in [0.2, 0.25) is 5.91 Å². The van der Waals surface area contributed by atoms with Crippen LogP contribution >= 0.6 is 0 Å². The van der Waals surface area contributed by atoms with Crippen molar-refractivity contribution in [1.82, 2.24) is 5.32 Å². The van der Waals surface area contributed by atoms with Gasteiger partial charge in [0.15, 0.2) is 0 Å². The summed E-state index contributed by atoms with van der Waals surface area (Å²) >= 11 is 0. The molecule has 20 heavy (non-hydrogen) atoms. The van der Waals surface area contributed by atoms with E-state index in [0.29, 0.717) is 17.4 Å². The number of amides is 1. The molecule has 1 amide bonds. The maximum atomic E-state index is 12.0. The van der Waals surface area contributed by atoms with E-state index in [1.807, 2.05) is 0 Å². The average Bonchev–Trinajstić information content (AvgIpc) is 2.38. The van der Waals surface area contributed by atoms with Crippen molar-refractivity contribution in [3.8, 4) is 0 Å². The zero-order valence-corrected chi connectivity index (χ0v) is 14.0. The third-order valence-corrected chi connectivity index (χ3v) is 5.15. The van der Waals surface area contributed by atoms with Gasteiger partial charge in [-0.1, -0.05) is 41.0 Å². The second kappa shape index (κ2) is 7.44. The zero-order valence-electron chi connectivity index (χ0n) is 14.0. The molecule has 1 atom stereocenters. The van der Waals surface area contributed by atoms with E-state index < -0.39 is 0 Å². The molecule has 3 N–H and O–H groups in total. The molecule has 0 aromatic heterocycles. The Morgan fingerprint density at radius 3 is 2.25 bits per heavy atom. The summed E-state index contributed by atoms with van der Waals surface area (Å²) in [5.74, 6) is 1.30. The van der Waals surface area contributed by atoms with Gasteiger partial charge in [-0.15, -0.1) is 0 Å². The molecule has 118 valence electrons. The predicted octanol–water partition coefficient (Wildman–Crippen LogP) is 3.47. The Labute approximate surface area is 125 Å². The van der Waals surface area contributed by atoms with E-state index in [1.54, 1.807) is 0 Å². The van der Waals surface area contributed by atoms with Gasteiger partial charge >= 0.3 is 0 Å². The molecule has 0 bridgehead atoms. The number of carbonyl (C=O) groups is 1. The molecule has 3 heteroatoms. The summed E-state index contributed by atoms with van der Waals surface area (Å²) in [6.07, 6.45) is 6.66. The van der Waals surface area contributed by atoms with E-state index in [0.717, 1.165) is 25.2 Å². The van der Waals surface area contributed by atoms with E-state index in [4.69, 9.17) is 5.73 Å². The Hall–Kier alpha value is -0.570. The molecule has 0 aliphatic heterocycles. The lowest BCUT2D eigenvalue weighted by molar-refractivity contribution is -0.123. The van der Waals surface area contributed by atoms with E-state index >= 15 is 0 Å². The topological polar surface area (TPSA) is 55.1 Å². The van der Waals surface area contributed by atoms with Crippen molar-refractivity contribution < 1.29 is 4.79 Å². The quantitative estimate of drug-likeness (QED) is 0.783. The van der Waals surface area contributed by atoms with Crippen LogP contribution < -0.4 is 11.1 Å². The second-order valence-electron chi connectivity index (χ2n) is 7.64. The molecule has 1 aliphatic rings. The van der Waals surface area contributed by atoms with Gasteiger partial charge in [0.05, 0.1) is 6.04 Å². The summed E-state index contributed by atoms with van der Waals surface area (Å²) in [5, 5.41) is 3.15. The van der Waals surface area contributed by atoms with Crippen LogP contribution in [-0.2, 0) is 4.79 Å². The highest BCUT2D eigenvalue weighted by Gasteiger charge is 2.32. The van der Waals surface area contributed by atoms with Crippen molar-refractivity contribution in [3.05, 3.63) is 0 Å². The van der Waals surface area contributed by atoms with Gasteiger partial charge in [-0.3, -0.25) is 4.79 Å². The van der Waals surface area contributed by atoms with Crippen LogP contribution in [-0.4, -0.2) is 18.0 Å². The Morgan fingerprint density at radius 2 is 1.80 bits per heavy atom. The van der Waals surface area contributed by atoms with Crippen molar-refractivity contribution >= 4 is 5.91 Å². The third kappa shape index (κ3) is 5.08. The lowest BCUT2D eigenvalue weighted by Gasteiger charge is -2.39. The molecule has 0 saturated heterocycles. The fraction of sp³-hybridized carbons (Fsp3) is 0.941.